The van der Waals surface area contributed by atoms with Crippen LogP contribution in [0.3, 0.4) is 0 Å². The molecule has 0 aliphatic carbocycles. The maximum Gasteiger partial charge on any atom is 0.258 e. The minimum atomic E-state index is -0.364. The number of halogens is 2. The van der Waals surface area contributed by atoms with Crippen LogP contribution in [0.4, 0.5) is 9.52 Å². The highest BCUT2D eigenvalue weighted by Crippen LogP contribution is 2.31. The number of benzene rings is 2. The third-order valence-corrected chi connectivity index (χ3v) is 5.42. The maximum absolute atomic E-state index is 13.2. The van der Waals surface area contributed by atoms with Gasteiger partial charge in [0.1, 0.15) is 5.82 Å². The molecule has 2 heterocycles. The van der Waals surface area contributed by atoms with Gasteiger partial charge >= 0.3 is 0 Å². The molecule has 0 atom stereocenters. The van der Waals surface area contributed by atoms with E-state index in [9.17, 15) is 9.18 Å². The lowest BCUT2D eigenvalue weighted by Crippen LogP contribution is -2.13. The molecule has 25 heavy (non-hydrogen) atoms. The number of aromatic amines is 1. The van der Waals surface area contributed by atoms with Crippen LogP contribution in [0, 0.1) is 9.39 Å². The molecule has 0 saturated heterocycles. The van der Waals surface area contributed by atoms with Crippen LogP contribution in [0.2, 0.25) is 0 Å². The van der Waals surface area contributed by atoms with Gasteiger partial charge in [0.05, 0.1) is 11.3 Å². The fourth-order valence-electron chi connectivity index (χ4n) is 2.58. The molecule has 2 aromatic heterocycles. The summed E-state index contributed by atoms with van der Waals surface area (Å²) in [5.41, 5.74) is 3.25. The highest BCUT2D eigenvalue weighted by Gasteiger charge is 2.14. The van der Waals surface area contributed by atoms with E-state index < -0.39 is 0 Å². The largest absolute Gasteiger partial charge is 0.360 e. The van der Waals surface area contributed by atoms with Crippen LogP contribution < -0.4 is 5.32 Å². The molecule has 0 saturated carbocycles. The smallest absolute Gasteiger partial charge is 0.258 e. The minimum absolute atomic E-state index is 0.302. The van der Waals surface area contributed by atoms with Gasteiger partial charge in [-0.15, -0.1) is 11.3 Å². The van der Waals surface area contributed by atoms with Gasteiger partial charge in [-0.3, -0.25) is 10.1 Å². The summed E-state index contributed by atoms with van der Waals surface area (Å²) < 4.78 is 13.7. The third kappa shape index (κ3) is 3.16. The van der Waals surface area contributed by atoms with Gasteiger partial charge in [0.15, 0.2) is 5.13 Å². The molecule has 0 aliphatic heterocycles. The van der Waals surface area contributed by atoms with Crippen molar-refractivity contribution >= 4 is 55.9 Å². The second-order valence-electron chi connectivity index (χ2n) is 5.36. The summed E-state index contributed by atoms with van der Waals surface area (Å²) >= 11 is 3.30. The van der Waals surface area contributed by atoms with Crippen LogP contribution in [0.5, 0.6) is 0 Å². The Labute approximate surface area is 160 Å². The Bertz CT molecular complexity index is 1090. The molecule has 0 fully saturated rings. The number of rotatable bonds is 3. The number of aromatic nitrogens is 2. The summed E-state index contributed by atoms with van der Waals surface area (Å²) in [6.07, 6.45) is 1.91. The van der Waals surface area contributed by atoms with E-state index in [-0.39, 0.29) is 11.7 Å². The van der Waals surface area contributed by atoms with Crippen LogP contribution in [0.15, 0.2) is 54.0 Å². The van der Waals surface area contributed by atoms with Crippen molar-refractivity contribution in [1.82, 2.24) is 9.97 Å². The molecule has 124 valence electrons. The third-order valence-electron chi connectivity index (χ3n) is 3.77. The number of fused-ring (bicyclic) bond motifs is 1. The predicted octanol–water partition coefficient (Wildman–Crippen LogP) is 5.29. The molecule has 0 unspecified atom stereocenters. The van der Waals surface area contributed by atoms with Crippen molar-refractivity contribution in [2.24, 2.45) is 0 Å². The van der Waals surface area contributed by atoms with Crippen molar-refractivity contribution in [3.63, 3.8) is 0 Å². The number of carbonyl (C=O) groups is 1. The van der Waals surface area contributed by atoms with Gasteiger partial charge in [-0.25, -0.2) is 9.37 Å². The normalized spacial score (nSPS) is 11.0. The number of nitrogens with one attached hydrogen (secondary N) is 2. The van der Waals surface area contributed by atoms with E-state index in [1.54, 1.807) is 0 Å². The summed E-state index contributed by atoms with van der Waals surface area (Å²) in [5, 5.41) is 6.27. The van der Waals surface area contributed by atoms with Crippen LogP contribution in [-0.4, -0.2) is 15.9 Å². The Hall–Kier alpha value is -2.26. The van der Waals surface area contributed by atoms with Crippen molar-refractivity contribution in [3.8, 4) is 11.3 Å². The molecule has 4 aromatic rings. The van der Waals surface area contributed by atoms with Gasteiger partial charge in [0, 0.05) is 31.6 Å². The molecular formula is C18H11FIN3OS. The van der Waals surface area contributed by atoms with Gasteiger partial charge in [0.2, 0.25) is 0 Å². The number of para-hydroxylation sites is 1. The number of amides is 1. The zero-order chi connectivity index (χ0) is 17.4. The molecule has 7 heteroatoms. The number of hydrogen-bond acceptors (Lipinski definition) is 3. The fourth-order valence-corrected chi connectivity index (χ4v) is 4.00. The van der Waals surface area contributed by atoms with Crippen LogP contribution in [-0.2, 0) is 0 Å². The molecule has 2 aromatic carbocycles. The highest BCUT2D eigenvalue weighted by molar-refractivity contribution is 14.1. The predicted molar refractivity (Wildman–Crippen MR) is 106 cm³/mol. The van der Waals surface area contributed by atoms with Crippen LogP contribution >= 0.6 is 33.9 Å². The summed E-state index contributed by atoms with van der Waals surface area (Å²) in [7, 11) is 0. The van der Waals surface area contributed by atoms with Crippen molar-refractivity contribution in [2.45, 2.75) is 0 Å². The summed E-state index contributed by atoms with van der Waals surface area (Å²) in [6, 6.07) is 12.1. The molecule has 1 amide bonds. The number of hydrogen-bond donors (Lipinski definition) is 2. The second-order valence-corrected chi connectivity index (χ2v) is 7.38. The van der Waals surface area contributed by atoms with Gasteiger partial charge in [-0.1, -0.05) is 18.2 Å². The van der Waals surface area contributed by atoms with E-state index >= 15 is 0 Å². The molecule has 0 bridgehead atoms. The van der Waals surface area contributed by atoms with E-state index in [1.165, 1.54) is 29.5 Å². The monoisotopic (exact) mass is 463 g/mol. The first-order valence-corrected chi connectivity index (χ1v) is 9.36. The Kier molecular flexibility index (Phi) is 4.26. The Morgan fingerprint density at radius 2 is 2.08 bits per heavy atom. The van der Waals surface area contributed by atoms with Crippen LogP contribution in [0.25, 0.3) is 22.2 Å². The molecule has 0 aliphatic rings. The lowest BCUT2D eigenvalue weighted by Gasteiger charge is -2.04. The van der Waals surface area contributed by atoms with Crippen molar-refractivity contribution in [1.29, 1.82) is 0 Å². The minimum Gasteiger partial charge on any atom is -0.360 e. The first-order chi connectivity index (χ1) is 12.1. The van der Waals surface area contributed by atoms with E-state index in [2.05, 4.69) is 15.3 Å². The summed E-state index contributed by atoms with van der Waals surface area (Å²) in [5.74, 6) is -0.666. The topological polar surface area (TPSA) is 57.8 Å². The maximum atomic E-state index is 13.2. The number of anilines is 1. The molecule has 0 spiro atoms. The number of thiazole rings is 1. The average Bonchev–Trinajstić information content (AvgIpc) is 3.21. The second kappa shape index (κ2) is 6.57. The molecule has 4 rings (SSSR count). The SMILES string of the molecule is O=C(Nc1nc(-c2c[nH]c3ccccc23)cs1)c1ccc(F)cc1I. The molecular weight excluding hydrogens is 452 g/mol. The number of nitrogens with zero attached hydrogens (tertiary/aromatic N) is 1. The standard InChI is InChI=1S/C18H11FIN3OS/c19-10-5-6-12(14(20)7-10)17(24)23-18-22-16(9-25-18)13-8-21-15-4-2-1-3-11(13)15/h1-9,21H,(H,22,23,24). The van der Waals surface area contributed by atoms with Crippen LogP contribution in [0.1, 0.15) is 10.4 Å². The highest BCUT2D eigenvalue weighted by atomic mass is 127. The first-order valence-electron chi connectivity index (χ1n) is 7.40. The number of carbonyl (C=O) groups excluding carboxylic acids is 1. The van der Waals surface area contributed by atoms with Crippen molar-refractivity contribution in [2.75, 3.05) is 5.32 Å². The van der Waals surface area contributed by atoms with Crippen molar-refractivity contribution < 1.29 is 9.18 Å². The average molecular weight is 463 g/mol. The van der Waals surface area contributed by atoms with Crippen molar-refractivity contribution in [3.05, 3.63) is 69.0 Å². The molecule has 2 N–H and O–H groups in total. The van der Waals surface area contributed by atoms with Gasteiger partial charge in [-0.05, 0) is 46.9 Å². The lowest BCUT2D eigenvalue weighted by molar-refractivity contribution is 0.102. The zero-order valence-corrected chi connectivity index (χ0v) is 15.7. The van der Waals surface area contributed by atoms with E-state index in [4.69, 9.17) is 0 Å². The summed E-state index contributed by atoms with van der Waals surface area (Å²) in [4.78, 5) is 20.1. The van der Waals surface area contributed by atoms with Gasteiger partial charge < -0.3 is 4.98 Å². The van der Waals surface area contributed by atoms with E-state index in [0.29, 0.717) is 14.3 Å². The van der Waals surface area contributed by atoms with Gasteiger partial charge in [0.25, 0.3) is 5.91 Å². The molecule has 0 radical (unpaired) electrons. The van der Waals surface area contributed by atoms with Gasteiger partial charge in [-0.2, -0.15) is 0 Å². The van der Waals surface area contributed by atoms with E-state index in [0.717, 1.165) is 22.2 Å². The van der Waals surface area contributed by atoms with E-state index in [1.807, 2.05) is 58.4 Å². The Morgan fingerprint density at radius 3 is 2.92 bits per heavy atom. The Morgan fingerprint density at radius 1 is 1.24 bits per heavy atom. The summed E-state index contributed by atoms with van der Waals surface area (Å²) in [6.45, 7) is 0. The zero-order valence-electron chi connectivity index (χ0n) is 12.7. The first kappa shape index (κ1) is 16.2. The number of H-pyrrole nitrogens is 1. The quantitative estimate of drug-likeness (QED) is 0.406. The Balaban J connectivity index is 1.60. The lowest BCUT2D eigenvalue weighted by atomic mass is 10.1. The molecule has 4 nitrogen and oxygen atoms in total. The fraction of sp³-hybridized carbons (Fsp3) is 0.